The van der Waals surface area contributed by atoms with Crippen LogP contribution in [0.1, 0.15) is 21.6 Å². The van der Waals surface area contributed by atoms with Crippen molar-refractivity contribution in [3.63, 3.8) is 0 Å². The molecule has 1 aromatic heterocycles. The number of amides is 1. The van der Waals surface area contributed by atoms with Crippen molar-refractivity contribution in [3.8, 4) is 0 Å². The molecule has 3 aromatic rings. The Morgan fingerprint density at radius 3 is 2.41 bits per heavy atom. The van der Waals surface area contributed by atoms with Gasteiger partial charge in [0.2, 0.25) is 15.0 Å². The zero-order chi connectivity index (χ0) is 23.1. The monoisotopic (exact) mass is 453 g/mol. The Labute approximate surface area is 187 Å². The topological polar surface area (TPSA) is 72.3 Å². The van der Waals surface area contributed by atoms with Gasteiger partial charge in [-0.3, -0.25) is 4.79 Å². The van der Waals surface area contributed by atoms with E-state index in [0.717, 1.165) is 0 Å². The number of imidazole rings is 1. The van der Waals surface area contributed by atoms with Crippen LogP contribution in [0.4, 0.5) is 4.39 Å². The van der Waals surface area contributed by atoms with Gasteiger partial charge in [-0.25, -0.2) is 17.8 Å². The van der Waals surface area contributed by atoms with E-state index in [1.807, 2.05) is 6.07 Å². The Balaban J connectivity index is 1.94. The highest BCUT2D eigenvalue weighted by Gasteiger charge is 2.26. The summed E-state index contributed by atoms with van der Waals surface area (Å²) in [6, 6.07) is 14.5. The minimum Gasteiger partial charge on any atom is -0.329 e. The number of allylic oxidation sites excluding steroid dienone is 1. The van der Waals surface area contributed by atoms with Crippen LogP contribution in [-0.2, 0) is 28.7 Å². The van der Waals surface area contributed by atoms with Crippen LogP contribution in [0.15, 0.2) is 91.3 Å². The van der Waals surface area contributed by atoms with Crippen molar-refractivity contribution < 1.29 is 17.6 Å². The van der Waals surface area contributed by atoms with Gasteiger partial charge in [0.15, 0.2) is 0 Å². The number of carbonyl (C=O) groups is 1. The van der Waals surface area contributed by atoms with Crippen LogP contribution in [0, 0.1) is 5.82 Å². The minimum atomic E-state index is -3.75. The number of rotatable bonds is 10. The third-order valence-corrected chi connectivity index (χ3v) is 6.38. The van der Waals surface area contributed by atoms with Gasteiger partial charge in [-0.1, -0.05) is 54.6 Å². The Morgan fingerprint density at radius 2 is 1.75 bits per heavy atom. The van der Waals surface area contributed by atoms with Gasteiger partial charge >= 0.3 is 0 Å². The Morgan fingerprint density at radius 1 is 1.06 bits per heavy atom. The summed E-state index contributed by atoms with van der Waals surface area (Å²) in [5.41, 5.74) is 1.06. The predicted octanol–water partition coefficient (Wildman–Crippen LogP) is 4.01. The quantitative estimate of drug-likeness (QED) is 0.435. The van der Waals surface area contributed by atoms with Crippen LogP contribution in [0.25, 0.3) is 0 Å². The SMILES string of the molecule is C=CCN(Cc1cnc(S(=O)(=O)Cc2ccccc2)n1CC=C)C(=O)c1ccccc1F. The number of halogens is 1. The summed E-state index contributed by atoms with van der Waals surface area (Å²) in [5.74, 6) is -1.35. The molecule has 1 amide bonds. The second-order valence-corrected chi connectivity index (χ2v) is 9.01. The van der Waals surface area contributed by atoms with Crippen LogP contribution >= 0.6 is 0 Å². The summed E-state index contributed by atoms with van der Waals surface area (Å²) in [5, 5.41) is -0.104. The third-order valence-electron chi connectivity index (χ3n) is 4.78. The molecule has 0 aliphatic rings. The van der Waals surface area contributed by atoms with Crippen molar-refractivity contribution in [1.29, 1.82) is 0 Å². The van der Waals surface area contributed by atoms with E-state index in [1.165, 1.54) is 39.9 Å². The first kappa shape index (κ1) is 23.1. The molecule has 0 fully saturated rings. The minimum absolute atomic E-state index is 0.0287. The zero-order valence-corrected chi connectivity index (χ0v) is 18.3. The van der Waals surface area contributed by atoms with E-state index in [2.05, 4.69) is 18.1 Å². The number of hydrogen-bond donors (Lipinski definition) is 0. The molecule has 0 unspecified atom stereocenters. The van der Waals surface area contributed by atoms with Gasteiger partial charge in [0.25, 0.3) is 5.91 Å². The Kier molecular flexibility index (Phi) is 7.37. The first-order valence-corrected chi connectivity index (χ1v) is 11.6. The number of aromatic nitrogens is 2. The molecule has 8 heteroatoms. The summed E-state index contributed by atoms with van der Waals surface area (Å²) in [4.78, 5) is 18.5. The number of carbonyl (C=O) groups excluding carboxylic acids is 1. The second kappa shape index (κ2) is 10.2. The molecule has 0 spiro atoms. The van der Waals surface area contributed by atoms with E-state index in [4.69, 9.17) is 0 Å². The van der Waals surface area contributed by atoms with Gasteiger partial charge in [-0.05, 0) is 17.7 Å². The summed E-state index contributed by atoms with van der Waals surface area (Å²) in [6.45, 7) is 7.74. The largest absolute Gasteiger partial charge is 0.329 e. The number of hydrogen-bond acceptors (Lipinski definition) is 4. The van der Waals surface area contributed by atoms with E-state index >= 15 is 0 Å². The molecule has 166 valence electrons. The molecule has 0 aliphatic carbocycles. The lowest BCUT2D eigenvalue weighted by molar-refractivity contribution is 0.0754. The Hall–Kier alpha value is -3.52. The standard InChI is InChI=1S/C24H24FN3O3S/c1-3-14-27(23(29)21-12-8-9-13-22(21)25)17-20-16-26-24(28(20)15-4-2)32(30,31)18-19-10-6-5-7-11-19/h3-13,16H,1-2,14-15,17-18H2. The smallest absolute Gasteiger partial charge is 0.257 e. The van der Waals surface area contributed by atoms with E-state index in [9.17, 15) is 17.6 Å². The molecule has 0 saturated carbocycles. The average Bonchev–Trinajstić information content (AvgIpc) is 3.17. The highest BCUT2D eigenvalue weighted by atomic mass is 32.2. The molecular formula is C24H24FN3O3S. The predicted molar refractivity (Wildman–Crippen MR) is 121 cm³/mol. The molecule has 0 bridgehead atoms. The van der Waals surface area contributed by atoms with E-state index < -0.39 is 21.6 Å². The lowest BCUT2D eigenvalue weighted by atomic mass is 10.2. The van der Waals surface area contributed by atoms with Crippen LogP contribution in [0.3, 0.4) is 0 Å². The normalized spacial score (nSPS) is 11.2. The van der Waals surface area contributed by atoms with E-state index in [1.54, 1.807) is 36.4 Å². The molecule has 6 nitrogen and oxygen atoms in total. The van der Waals surface area contributed by atoms with Gasteiger partial charge < -0.3 is 9.47 Å². The molecule has 1 heterocycles. The maximum atomic E-state index is 14.2. The van der Waals surface area contributed by atoms with Crippen LogP contribution in [-0.4, -0.2) is 35.3 Å². The number of nitrogens with zero attached hydrogens (tertiary/aromatic N) is 3. The van der Waals surface area contributed by atoms with Gasteiger partial charge in [-0.15, -0.1) is 13.2 Å². The first-order valence-electron chi connectivity index (χ1n) is 9.94. The molecule has 0 atom stereocenters. The molecule has 3 rings (SSSR count). The van der Waals surface area contributed by atoms with Gasteiger partial charge in [-0.2, -0.15) is 0 Å². The second-order valence-electron chi connectivity index (χ2n) is 7.13. The van der Waals surface area contributed by atoms with Crippen molar-refractivity contribution in [3.05, 3.63) is 109 Å². The lowest BCUT2D eigenvalue weighted by Gasteiger charge is -2.22. The van der Waals surface area contributed by atoms with E-state index in [-0.39, 0.29) is 36.1 Å². The van der Waals surface area contributed by atoms with Gasteiger partial charge in [0.05, 0.1) is 29.8 Å². The highest BCUT2D eigenvalue weighted by molar-refractivity contribution is 7.90. The van der Waals surface area contributed by atoms with Crippen molar-refractivity contribution in [2.45, 2.75) is 24.0 Å². The van der Waals surface area contributed by atoms with Crippen molar-refractivity contribution >= 4 is 15.7 Å². The summed E-state index contributed by atoms with van der Waals surface area (Å²) < 4.78 is 41.8. The molecule has 0 saturated heterocycles. The van der Waals surface area contributed by atoms with Crippen LogP contribution in [0.5, 0.6) is 0 Å². The van der Waals surface area contributed by atoms with Crippen molar-refractivity contribution in [1.82, 2.24) is 14.5 Å². The van der Waals surface area contributed by atoms with Crippen LogP contribution < -0.4 is 0 Å². The summed E-state index contributed by atoms with van der Waals surface area (Å²) >= 11 is 0. The molecule has 0 radical (unpaired) electrons. The first-order chi connectivity index (χ1) is 15.4. The van der Waals surface area contributed by atoms with Crippen LogP contribution in [0.2, 0.25) is 0 Å². The van der Waals surface area contributed by atoms with Gasteiger partial charge in [0, 0.05) is 13.1 Å². The highest BCUT2D eigenvalue weighted by Crippen LogP contribution is 2.20. The molecule has 32 heavy (non-hydrogen) atoms. The summed E-state index contributed by atoms with van der Waals surface area (Å²) in [6.07, 6.45) is 4.51. The molecule has 2 aromatic carbocycles. The fourth-order valence-corrected chi connectivity index (χ4v) is 4.83. The van der Waals surface area contributed by atoms with Crippen molar-refractivity contribution in [2.75, 3.05) is 6.54 Å². The lowest BCUT2D eigenvalue weighted by Crippen LogP contribution is -2.32. The molecular weight excluding hydrogens is 429 g/mol. The molecule has 0 aliphatic heterocycles. The van der Waals surface area contributed by atoms with Gasteiger partial charge in [0.1, 0.15) is 5.82 Å². The van der Waals surface area contributed by atoms with E-state index in [0.29, 0.717) is 11.3 Å². The molecule has 0 N–H and O–H groups in total. The number of sulfone groups is 1. The third kappa shape index (κ3) is 5.20. The number of benzene rings is 2. The maximum absolute atomic E-state index is 14.2. The fourth-order valence-electron chi connectivity index (χ4n) is 3.32. The fraction of sp³-hybridized carbons (Fsp3) is 0.167. The average molecular weight is 454 g/mol. The zero-order valence-electron chi connectivity index (χ0n) is 17.5. The maximum Gasteiger partial charge on any atom is 0.257 e. The summed E-state index contributed by atoms with van der Waals surface area (Å²) in [7, 11) is -3.75. The van der Waals surface area contributed by atoms with Crippen molar-refractivity contribution in [2.24, 2.45) is 0 Å². The Bertz CT molecular complexity index is 1220.